The Labute approximate surface area is 79.3 Å². The fraction of sp³-hybridized carbons (Fsp3) is 0.900. The van der Waals surface area contributed by atoms with Crippen LogP contribution < -0.4 is 10.6 Å². The SMILES string of the molecule is CNCC(=O)NC(C1CC1)C1CC1. The molecule has 0 bridgehead atoms. The second-order valence-corrected chi connectivity index (χ2v) is 4.30. The fourth-order valence-electron chi connectivity index (χ4n) is 1.93. The van der Waals surface area contributed by atoms with E-state index in [1.165, 1.54) is 25.7 Å². The molecule has 0 aromatic rings. The Balaban J connectivity index is 1.78. The molecule has 0 radical (unpaired) electrons. The number of carbonyl (C=O) groups excluding carboxylic acids is 1. The van der Waals surface area contributed by atoms with Crippen LogP contribution in [-0.2, 0) is 4.79 Å². The lowest BCUT2D eigenvalue weighted by atomic mass is 10.1. The number of carbonyl (C=O) groups is 1. The zero-order valence-electron chi connectivity index (χ0n) is 8.18. The van der Waals surface area contributed by atoms with Crippen LogP contribution in [0.2, 0.25) is 0 Å². The number of nitrogens with one attached hydrogen (secondary N) is 2. The minimum absolute atomic E-state index is 0.159. The van der Waals surface area contributed by atoms with Gasteiger partial charge in [0.2, 0.25) is 5.91 Å². The Hall–Kier alpha value is -0.570. The summed E-state index contributed by atoms with van der Waals surface area (Å²) in [5.41, 5.74) is 0. The maximum atomic E-state index is 11.3. The molecular formula is C10H18N2O. The van der Waals surface area contributed by atoms with E-state index in [2.05, 4.69) is 10.6 Å². The molecule has 1 amide bonds. The summed E-state index contributed by atoms with van der Waals surface area (Å²) < 4.78 is 0. The summed E-state index contributed by atoms with van der Waals surface area (Å²) in [5.74, 6) is 1.76. The van der Waals surface area contributed by atoms with Gasteiger partial charge in [-0.3, -0.25) is 4.79 Å². The molecule has 0 saturated heterocycles. The van der Waals surface area contributed by atoms with Gasteiger partial charge in [0, 0.05) is 6.04 Å². The maximum absolute atomic E-state index is 11.3. The van der Waals surface area contributed by atoms with Crippen molar-refractivity contribution in [1.29, 1.82) is 0 Å². The molecule has 2 aliphatic carbocycles. The molecule has 0 spiro atoms. The molecule has 0 aliphatic heterocycles. The zero-order chi connectivity index (χ0) is 9.26. The first kappa shape index (κ1) is 9.00. The Bertz CT molecular complexity index is 185. The molecule has 0 aromatic heterocycles. The Morgan fingerprint density at radius 2 is 1.85 bits per heavy atom. The lowest BCUT2D eigenvalue weighted by Gasteiger charge is -2.17. The summed E-state index contributed by atoms with van der Waals surface area (Å²) in [7, 11) is 1.81. The third kappa shape index (κ3) is 2.44. The quantitative estimate of drug-likeness (QED) is 0.650. The van der Waals surface area contributed by atoms with Crippen LogP contribution in [0.25, 0.3) is 0 Å². The lowest BCUT2D eigenvalue weighted by Crippen LogP contribution is -2.42. The van der Waals surface area contributed by atoms with E-state index in [4.69, 9.17) is 0 Å². The van der Waals surface area contributed by atoms with Gasteiger partial charge in [-0.05, 0) is 44.6 Å². The third-order valence-corrected chi connectivity index (χ3v) is 2.92. The van der Waals surface area contributed by atoms with Crippen molar-refractivity contribution in [1.82, 2.24) is 10.6 Å². The molecule has 2 saturated carbocycles. The maximum Gasteiger partial charge on any atom is 0.234 e. The molecule has 2 N–H and O–H groups in total. The van der Waals surface area contributed by atoms with E-state index in [-0.39, 0.29) is 5.91 Å². The van der Waals surface area contributed by atoms with Crippen molar-refractivity contribution in [3.63, 3.8) is 0 Å². The highest BCUT2D eigenvalue weighted by Crippen LogP contribution is 2.44. The molecule has 13 heavy (non-hydrogen) atoms. The molecule has 2 aliphatic rings. The predicted molar refractivity (Wildman–Crippen MR) is 51.3 cm³/mol. The van der Waals surface area contributed by atoms with E-state index >= 15 is 0 Å². The average Bonchev–Trinajstić information content (AvgIpc) is 2.95. The van der Waals surface area contributed by atoms with E-state index in [0.717, 1.165) is 11.8 Å². The summed E-state index contributed by atoms with van der Waals surface area (Å²) in [4.78, 5) is 11.3. The summed E-state index contributed by atoms with van der Waals surface area (Å²) in [5, 5.41) is 6.02. The number of hydrogen-bond donors (Lipinski definition) is 2. The number of likely N-dealkylation sites (N-methyl/N-ethyl adjacent to an activating group) is 1. The van der Waals surface area contributed by atoms with Crippen molar-refractivity contribution in [2.24, 2.45) is 11.8 Å². The van der Waals surface area contributed by atoms with Crippen LogP contribution in [0.3, 0.4) is 0 Å². The van der Waals surface area contributed by atoms with E-state index in [0.29, 0.717) is 12.6 Å². The van der Waals surface area contributed by atoms with Crippen molar-refractivity contribution in [2.45, 2.75) is 31.7 Å². The van der Waals surface area contributed by atoms with E-state index in [1.54, 1.807) is 0 Å². The van der Waals surface area contributed by atoms with Gasteiger partial charge in [-0.2, -0.15) is 0 Å². The predicted octanol–water partition coefficient (Wildman–Crippen LogP) is 0.511. The minimum atomic E-state index is 0.159. The van der Waals surface area contributed by atoms with Gasteiger partial charge in [0.25, 0.3) is 0 Å². The second-order valence-electron chi connectivity index (χ2n) is 4.30. The van der Waals surface area contributed by atoms with Crippen molar-refractivity contribution in [2.75, 3.05) is 13.6 Å². The summed E-state index contributed by atoms with van der Waals surface area (Å²) in [6.07, 6.45) is 5.28. The number of amides is 1. The highest BCUT2D eigenvalue weighted by atomic mass is 16.2. The fourth-order valence-corrected chi connectivity index (χ4v) is 1.93. The smallest absolute Gasteiger partial charge is 0.234 e. The van der Waals surface area contributed by atoms with Gasteiger partial charge in [-0.1, -0.05) is 0 Å². The standard InChI is InChI=1S/C10H18N2O/c1-11-6-9(13)12-10(7-2-3-7)8-4-5-8/h7-8,10-11H,2-6H2,1H3,(H,12,13). The average molecular weight is 182 g/mol. The number of hydrogen-bond acceptors (Lipinski definition) is 2. The Kier molecular flexibility index (Phi) is 2.54. The molecule has 0 atom stereocenters. The molecular weight excluding hydrogens is 164 g/mol. The van der Waals surface area contributed by atoms with Crippen molar-refractivity contribution >= 4 is 5.91 Å². The first-order valence-electron chi connectivity index (χ1n) is 5.25. The van der Waals surface area contributed by atoms with Crippen LogP contribution in [0.5, 0.6) is 0 Å². The second kappa shape index (κ2) is 3.66. The van der Waals surface area contributed by atoms with Crippen LogP contribution >= 0.6 is 0 Å². The van der Waals surface area contributed by atoms with Crippen LogP contribution in [0.4, 0.5) is 0 Å². The van der Waals surface area contributed by atoms with Crippen molar-refractivity contribution in [3.8, 4) is 0 Å². The Morgan fingerprint density at radius 1 is 1.31 bits per heavy atom. The highest BCUT2D eigenvalue weighted by molar-refractivity contribution is 5.78. The van der Waals surface area contributed by atoms with Gasteiger partial charge < -0.3 is 10.6 Å². The summed E-state index contributed by atoms with van der Waals surface area (Å²) in [6.45, 7) is 0.454. The van der Waals surface area contributed by atoms with Gasteiger partial charge in [-0.15, -0.1) is 0 Å². The van der Waals surface area contributed by atoms with Crippen LogP contribution in [-0.4, -0.2) is 25.5 Å². The zero-order valence-corrected chi connectivity index (χ0v) is 8.18. The Morgan fingerprint density at radius 3 is 2.23 bits per heavy atom. The number of rotatable bonds is 5. The third-order valence-electron chi connectivity index (χ3n) is 2.92. The molecule has 74 valence electrons. The minimum Gasteiger partial charge on any atom is -0.352 e. The molecule has 3 heteroatoms. The van der Waals surface area contributed by atoms with Crippen LogP contribution in [0.1, 0.15) is 25.7 Å². The van der Waals surface area contributed by atoms with E-state index < -0.39 is 0 Å². The highest BCUT2D eigenvalue weighted by Gasteiger charge is 2.41. The molecule has 0 heterocycles. The topological polar surface area (TPSA) is 41.1 Å². The van der Waals surface area contributed by atoms with Gasteiger partial charge in [-0.25, -0.2) is 0 Å². The van der Waals surface area contributed by atoms with Crippen LogP contribution in [0, 0.1) is 11.8 Å². The first-order chi connectivity index (χ1) is 6.31. The van der Waals surface area contributed by atoms with Crippen LogP contribution in [0.15, 0.2) is 0 Å². The molecule has 0 unspecified atom stereocenters. The molecule has 0 aromatic carbocycles. The van der Waals surface area contributed by atoms with Crippen molar-refractivity contribution in [3.05, 3.63) is 0 Å². The van der Waals surface area contributed by atoms with E-state index in [1.807, 2.05) is 7.05 Å². The normalized spacial score (nSPS) is 22.0. The molecule has 2 rings (SSSR count). The van der Waals surface area contributed by atoms with E-state index in [9.17, 15) is 4.79 Å². The first-order valence-corrected chi connectivity index (χ1v) is 5.25. The van der Waals surface area contributed by atoms with Crippen molar-refractivity contribution < 1.29 is 4.79 Å². The lowest BCUT2D eigenvalue weighted by molar-refractivity contribution is -0.121. The summed E-state index contributed by atoms with van der Waals surface area (Å²) in [6, 6.07) is 0.501. The van der Waals surface area contributed by atoms with Gasteiger partial charge in [0.05, 0.1) is 6.54 Å². The van der Waals surface area contributed by atoms with Gasteiger partial charge in [0.15, 0.2) is 0 Å². The van der Waals surface area contributed by atoms with Gasteiger partial charge in [0.1, 0.15) is 0 Å². The van der Waals surface area contributed by atoms with Gasteiger partial charge >= 0.3 is 0 Å². The molecule has 2 fully saturated rings. The monoisotopic (exact) mass is 182 g/mol. The summed E-state index contributed by atoms with van der Waals surface area (Å²) >= 11 is 0. The largest absolute Gasteiger partial charge is 0.352 e. The molecule has 3 nitrogen and oxygen atoms in total.